The van der Waals surface area contributed by atoms with Gasteiger partial charge in [-0.1, -0.05) is 47.5 Å². The number of hydrogen-bond acceptors (Lipinski definition) is 5. The predicted octanol–water partition coefficient (Wildman–Crippen LogP) is 6.25. The molecule has 5 nitrogen and oxygen atoms in total. The van der Waals surface area contributed by atoms with Crippen LogP contribution in [0.25, 0.3) is 0 Å². The second-order valence-electron chi connectivity index (χ2n) is 7.39. The van der Waals surface area contributed by atoms with E-state index in [9.17, 15) is 0 Å². The van der Waals surface area contributed by atoms with Crippen LogP contribution in [0.15, 0.2) is 65.8 Å². The van der Waals surface area contributed by atoms with E-state index >= 15 is 0 Å². The lowest BCUT2D eigenvalue weighted by Gasteiger charge is -2.38. The first kappa shape index (κ1) is 20.0. The molecule has 2 heterocycles. The van der Waals surface area contributed by atoms with Crippen molar-refractivity contribution in [1.29, 1.82) is 0 Å². The molecule has 0 unspecified atom stereocenters. The van der Waals surface area contributed by atoms with Crippen LogP contribution in [0.4, 0.5) is 0 Å². The maximum atomic E-state index is 6.54. The minimum Gasteiger partial charge on any atom is -0.493 e. The number of hydrogen-bond donors (Lipinski definition) is 0. The van der Waals surface area contributed by atoms with Crippen molar-refractivity contribution in [2.45, 2.75) is 18.7 Å². The zero-order valence-electron chi connectivity index (χ0n) is 17.0. The standard InChI is InChI=1S/C24H20Cl2N2O3/c1-29-22-10-7-14(11-23(22)30-2)19-13-20-17-5-3-4-6-21(17)31-24(28(20)27-19)16-9-8-15(25)12-18(16)26/h3-12,20,24H,13H2,1-2H3/t20-,24+/m1/s1. The molecule has 158 valence electrons. The number of rotatable bonds is 4. The Kier molecular flexibility index (Phi) is 5.16. The molecule has 0 aromatic heterocycles. The van der Waals surface area contributed by atoms with Gasteiger partial charge in [-0.15, -0.1) is 0 Å². The lowest BCUT2D eigenvalue weighted by molar-refractivity contribution is -0.0189. The zero-order valence-corrected chi connectivity index (χ0v) is 18.5. The molecule has 2 atom stereocenters. The molecule has 0 aliphatic carbocycles. The lowest BCUT2D eigenvalue weighted by atomic mass is 9.96. The first-order valence-corrected chi connectivity index (χ1v) is 10.6. The van der Waals surface area contributed by atoms with E-state index in [4.69, 9.17) is 42.5 Å². The molecular weight excluding hydrogens is 435 g/mol. The highest BCUT2D eigenvalue weighted by molar-refractivity contribution is 6.35. The van der Waals surface area contributed by atoms with Gasteiger partial charge in [-0.05, 0) is 36.4 Å². The van der Waals surface area contributed by atoms with Crippen LogP contribution in [0.3, 0.4) is 0 Å². The molecular formula is C24H20Cl2N2O3. The molecule has 0 fully saturated rings. The summed E-state index contributed by atoms with van der Waals surface area (Å²) < 4.78 is 17.2. The van der Waals surface area contributed by atoms with Crippen LogP contribution < -0.4 is 14.2 Å². The van der Waals surface area contributed by atoms with E-state index in [0.717, 1.165) is 34.6 Å². The molecule has 0 radical (unpaired) electrons. The molecule has 2 aliphatic heterocycles. The second-order valence-corrected chi connectivity index (χ2v) is 8.23. The summed E-state index contributed by atoms with van der Waals surface area (Å²) in [5.74, 6) is 2.19. The van der Waals surface area contributed by atoms with Crippen LogP contribution in [0.2, 0.25) is 10.0 Å². The maximum Gasteiger partial charge on any atom is 0.215 e. The van der Waals surface area contributed by atoms with Gasteiger partial charge in [0.05, 0.1) is 31.0 Å². The monoisotopic (exact) mass is 454 g/mol. The molecule has 0 spiro atoms. The van der Waals surface area contributed by atoms with Gasteiger partial charge in [0.25, 0.3) is 0 Å². The van der Waals surface area contributed by atoms with Crippen LogP contribution in [0.1, 0.15) is 35.4 Å². The van der Waals surface area contributed by atoms with Gasteiger partial charge in [-0.3, -0.25) is 0 Å². The van der Waals surface area contributed by atoms with Gasteiger partial charge in [-0.2, -0.15) is 5.10 Å². The van der Waals surface area contributed by atoms with E-state index in [0.29, 0.717) is 21.5 Å². The predicted molar refractivity (Wildman–Crippen MR) is 122 cm³/mol. The van der Waals surface area contributed by atoms with Gasteiger partial charge < -0.3 is 14.2 Å². The molecule has 0 saturated carbocycles. The van der Waals surface area contributed by atoms with Crippen molar-refractivity contribution < 1.29 is 14.2 Å². The van der Waals surface area contributed by atoms with Crippen molar-refractivity contribution in [2.75, 3.05) is 14.2 Å². The van der Waals surface area contributed by atoms with Crippen LogP contribution >= 0.6 is 23.2 Å². The van der Waals surface area contributed by atoms with Gasteiger partial charge >= 0.3 is 0 Å². The van der Waals surface area contributed by atoms with Crippen molar-refractivity contribution in [3.05, 3.63) is 87.4 Å². The molecule has 3 aromatic carbocycles. The van der Waals surface area contributed by atoms with Crippen LogP contribution in [-0.4, -0.2) is 24.9 Å². The average Bonchev–Trinajstić information content (AvgIpc) is 3.24. The largest absolute Gasteiger partial charge is 0.493 e. The van der Waals surface area contributed by atoms with E-state index in [1.54, 1.807) is 20.3 Å². The summed E-state index contributed by atoms with van der Waals surface area (Å²) in [6.45, 7) is 0. The van der Waals surface area contributed by atoms with Crippen molar-refractivity contribution >= 4 is 28.9 Å². The van der Waals surface area contributed by atoms with Gasteiger partial charge in [0.1, 0.15) is 5.75 Å². The van der Waals surface area contributed by atoms with Crippen LogP contribution in [-0.2, 0) is 0 Å². The number of hydrazone groups is 1. The smallest absolute Gasteiger partial charge is 0.215 e. The Morgan fingerprint density at radius 3 is 2.52 bits per heavy atom. The molecule has 0 amide bonds. The minimum absolute atomic E-state index is 0.0322. The third-order valence-corrected chi connectivity index (χ3v) is 6.21. The third-order valence-electron chi connectivity index (χ3n) is 5.64. The van der Waals surface area contributed by atoms with Crippen LogP contribution in [0, 0.1) is 0 Å². The Labute approximate surface area is 190 Å². The fraction of sp³-hybridized carbons (Fsp3) is 0.208. The molecule has 7 heteroatoms. The fourth-order valence-corrected chi connectivity index (χ4v) is 4.63. The first-order valence-electron chi connectivity index (χ1n) is 9.88. The van der Waals surface area contributed by atoms with E-state index in [2.05, 4.69) is 6.07 Å². The summed E-state index contributed by atoms with van der Waals surface area (Å²) in [7, 11) is 3.25. The van der Waals surface area contributed by atoms with Gasteiger partial charge in [0, 0.05) is 28.1 Å². The molecule has 0 N–H and O–H groups in total. The Balaban J connectivity index is 1.59. The number of para-hydroxylation sites is 1. The quantitative estimate of drug-likeness (QED) is 0.466. The molecule has 2 aliphatic rings. The van der Waals surface area contributed by atoms with Crippen molar-refractivity contribution in [2.24, 2.45) is 5.10 Å². The molecule has 5 rings (SSSR count). The number of halogens is 2. The van der Waals surface area contributed by atoms with Crippen molar-refractivity contribution in [3.8, 4) is 17.2 Å². The summed E-state index contributed by atoms with van der Waals surface area (Å²) in [4.78, 5) is 0. The summed E-state index contributed by atoms with van der Waals surface area (Å²) in [6.07, 6.45) is 0.278. The first-order chi connectivity index (χ1) is 15.1. The Bertz CT molecular complexity index is 1180. The molecule has 3 aromatic rings. The summed E-state index contributed by atoms with van der Waals surface area (Å²) >= 11 is 12.7. The number of methoxy groups -OCH3 is 2. The molecule has 0 saturated heterocycles. The summed E-state index contributed by atoms with van der Waals surface area (Å²) in [6, 6.07) is 19.4. The minimum atomic E-state index is -0.456. The van der Waals surface area contributed by atoms with E-state index in [1.807, 2.05) is 53.5 Å². The van der Waals surface area contributed by atoms with Gasteiger partial charge in [0.2, 0.25) is 6.23 Å². The number of benzene rings is 3. The SMILES string of the molecule is COc1ccc(C2=NN3[C@H](C2)c2ccccc2O[C@H]3c2ccc(Cl)cc2Cl)cc1OC. The highest BCUT2D eigenvalue weighted by Crippen LogP contribution is 2.48. The molecule has 31 heavy (non-hydrogen) atoms. The highest BCUT2D eigenvalue weighted by atomic mass is 35.5. The zero-order chi connectivity index (χ0) is 21.5. The average molecular weight is 455 g/mol. The Morgan fingerprint density at radius 1 is 0.935 bits per heavy atom. The van der Waals surface area contributed by atoms with Gasteiger partial charge in [0.15, 0.2) is 11.5 Å². The van der Waals surface area contributed by atoms with Crippen molar-refractivity contribution in [3.63, 3.8) is 0 Å². The van der Waals surface area contributed by atoms with Crippen molar-refractivity contribution in [1.82, 2.24) is 5.01 Å². The van der Waals surface area contributed by atoms with Crippen LogP contribution in [0.5, 0.6) is 17.2 Å². The third kappa shape index (κ3) is 3.48. The lowest BCUT2D eigenvalue weighted by Crippen LogP contribution is -2.33. The number of nitrogens with zero attached hydrogens (tertiary/aromatic N) is 2. The normalized spacial score (nSPS) is 19.2. The fourth-order valence-electron chi connectivity index (χ4n) is 4.13. The highest BCUT2D eigenvalue weighted by Gasteiger charge is 2.41. The molecule has 0 bridgehead atoms. The maximum absolute atomic E-state index is 6.54. The Hall–Kier alpha value is -2.89. The topological polar surface area (TPSA) is 43.3 Å². The number of fused-ring (bicyclic) bond motifs is 3. The number of ether oxygens (including phenoxy) is 3. The summed E-state index contributed by atoms with van der Waals surface area (Å²) in [5.41, 5.74) is 3.85. The Morgan fingerprint density at radius 2 is 1.74 bits per heavy atom. The van der Waals surface area contributed by atoms with E-state index in [1.165, 1.54) is 0 Å². The second kappa shape index (κ2) is 7.98. The van der Waals surface area contributed by atoms with E-state index in [-0.39, 0.29) is 6.04 Å². The van der Waals surface area contributed by atoms with Gasteiger partial charge in [-0.25, -0.2) is 5.01 Å². The summed E-state index contributed by atoms with van der Waals surface area (Å²) in [5, 5.41) is 8.09. The van der Waals surface area contributed by atoms with E-state index < -0.39 is 6.23 Å².